The van der Waals surface area contributed by atoms with E-state index >= 15 is 0 Å². The van der Waals surface area contributed by atoms with E-state index in [9.17, 15) is 0 Å². The van der Waals surface area contributed by atoms with Crippen LogP contribution in [0, 0.1) is 0 Å². The fourth-order valence-electron chi connectivity index (χ4n) is 2.34. The van der Waals surface area contributed by atoms with E-state index in [0.717, 1.165) is 34.7 Å². The van der Waals surface area contributed by atoms with Crippen molar-refractivity contribution in [2.45, 2.75) is 18.9 Å². The summed E-state index contributed by atoms with van der Waals surface area (Å²) in [4.78, 5) is 7.96. The van der Waals surface area contributed by atoms with Gasteiger partial charge in [-0.15, -0.1) is 11.3 Å². The molecule has 0 aliphatic carbocycles. The van der Waals surface area contributed by atoms with Gasteiger partial charge in [-0.1, -0.05) is 16.8 Å². The fourth-order valence-corrected chi connectivity index (χ4v) is 3.44. The van der Waals surface area contributed by atoms with Gasteiger partial charge in [0.25, 0.3) is 0 Å². The van der Waals surface area contributed by atoms with E-state index in [0.29, 0.717) is 5.89 Å². The smallest absolute Gasteiger partial charge is 0.234 e. The summed E-state index contributed by atoms with van der Waals surface area (Å²) in [5.74, 6) is 1.48. The lowest BCUT2D eigenvalue weighted by atomic mass is 10.1. The van der Waals surface area contributed by atoms with Crippen LogP contribution in [0.1, 0.15) is 35.5 Å². The Kier molecular flexibility index (Phi) is 4.07. The number of likely N-dealkylation sites (N-methyl/N-ethyl adjacent to an activating group) is 1. The van der Waals surface area contributed by atoms with E-state index in [1.54, 1.807) is 11.3 Å². The van der Waals surface area contributed by atoms with Crippen molar-refractivity contribution in [2.24, 2.45) is 0 Å². The highest BCUT2D eigenvalue weighted by atomic mass is 35.5. The zero-order valence-corrected chi connectivity index (χ0v) is 13.0. The van der Waals surface area contributed by atoms with Crippen LogP contribution >= 0.6 is 22.9 Å². The number of thiophene rings is 1. The minimum absolute atomic E-state index is 0.0793. The maximum atomic E-state index is 5.97. The highest BCUT2D eigenvalue weighted by Gasteiger charge is 2.27. The Morgan fingerprint density at radius 1 is 1.55 bits per heavy atom. The maximum Gasteiger partial charge on any atom is 0.234 e. The molecule has 1 N–H and O–H groups in total. The second kappa shape index (κ2) is 5.81. The van der Waals surface area contributed by atoms with Crippen LogP contribution in [0.4, 0.5) is 0 Å². The van der Waals surface area contributed by atoms with Crippen molar-refractivity contribution in [1.29, 1.82) is 0 Å². The summed E-state index contributed by atoms with van der Waals surface area (Å²) in [6, 6.07) is 4.09. The molecule has 2 atom stereocenters. The van der Waals surface area contributed by atoms with Crippen molar-refractivity contribution < 1.29 is 4.52 Å². The zero-order chi connectivity index (χ0) is 14.1. The van der Waals surface area contributed by atoms with Gasteiger partial charge in [0.2, 0.25) is 5.89 Å². The number of hydrogen-bond donors (Lipinski definition) is 1. The number of aromatic nitrogens is 2. The van der Waals surface area contributed by atoms with Gasteiger partial charge in [-0.2, -0.15) is 4.98 Å². The van der Waals surface area contributed by atoms with Gasteiger partial charge in [0.15, 0.2) is 5.82 Å². The van der Waals surface area contributed by atoms with Gasteiger partial charge in [0.1, 0.15) is 0 Å². The highest BCUT2D eigenvalue weighted by Crippen LogP contribution is 2.32. The molecule has 1 saturated heterocycles. The summed E-state index contributed by atoms with van der Waals surface area (Å²) in [6.07, 6.45) is 0. The fraction of sp³-hybridized carbons (Fsp3) is 0.538. The van der Waals surface area contributed by atoms with E-state index in [-0.39, 0.29) is 12.0 Å². The van der Waals surface area contributed by atoms with Gasteiger partial charge >= 0.3 is 0 Å². The van der Waals surface area contributed by atoms with Crippen LogP contribution in [0.15, 0.2) is 16.7 Å². The molecule has 108 valence electrons. The third-order valence-corrected chi connectivity index (χ3v) is 5.07. The van der Waals surface area contributed by atoms with Crippen molar-refractivity contribution >= 4 is 22.9 Å². The predicted octanol–water partition coefficient (Wildman–Crippen LogP) is 2.51. The lowest BCUT2D eigenvalue weighted by Gasteiger charge is -2.30. The van der Waals surface area contributed by atoms with Crippen LogP contribution in [-0.2, 0) is 0 Å². The number of hydrogen-bond acceptors (Lipinski definition) is 6. The van der Waals surface area contributed by atoms with Gasteiger partial charge in [-0.05, 0) is 26.1 Å². The lowest BCUT2D eigenvalue weighted by Crippen LogP contribution is -2.44. The average Bonchev–Trinajstić information content (AvgIpc) is 3.07. The van der Waals surface area contributed by atoms with Gasteiger partial charge in [0.05, 0.1) is 16.3 Å². The average molecular weight is 313 g/mol. The standard InChI is InChI=1S/C13H17ClN4OS/c1-8(10-3-4-11(14)20-10)13-16-12(17-19-13)9-7-15-5-6-18(9)2/h3-4,8-9,15H,5-7H2,1-2H3. The molecule has 0 bridgehead atoms. The molecule has 1 fully saturated rings. The molecule has 2 aromatic heterocycles. The predicted molar refractivity (Wildman–Crippen MR) is 79.4 cm³/mol. The van der Waals surface area contributed by atoms with E-state index in [2.05, 4.69) is 34.3 Å². The quantitative estimate of drug-likeness (QED) is 0.944. The largest absolute Gasteiger partial charge is 0.339 e. The number of nitrogens with one attached hydrogen (secondary N) is 1. The molecule has 3 rings (SSSR count). The summed E-state index contributed by atoms with van der Waals surface area (Å²) in [7, 11) is 2.09. The van der Waals surface area contributed by atoms with E-state index in [1.807, 2.05) is 12.1 Å². The van der Waals surface area contributed by atoms with Gasteiger partial charge < -0.3 is 9.84 Å². The molecular weight excluding hydrogens is 296 g/mol. The van der Waals surface area contributed by atoms with Crippen LogP contribution in [-0.4, -0.2) is 41.7 Å². The topological polar surface area (TPSA) is 54.2 Å². The molecule has 2 aromatic rings. The van der Waals surface area contributed by atoms with E-state index < -0.39 is 0 Å². The van der Waals surface area contributed by atoms with Crippen molar-refractivity contribution in [3.63, 3.8) is 0 Å². The summed E-state index contributed by atoms with van der Waals surface area (Å²) in [6.45, 7) is 4.91. The molecule has 0 aromatic carbocycles. The molecule has 20 heavy (non-hydrogen) atoms. The minimum atomic E-state index is 0.0793. The first-order valence-corrected chi connectivity index (χ1v) is 7.84. The molecular formula is C13H17ClN4OS. The first-order valence-electron chi connectivity index (χ1n) is 6.65. The highest BCUT2D eigenvalue weighted by molar-refractivity contribution is 7.16. The summed E-state index contributed by atoms with van der Waals surface area (Å²) >= 11 is 7.53. The molecule has 2 unspecified atom stereocenters. The number of nitrogens with zero attached hydrogens (tertiary/aromatic N) is 3. The molecule has 3 heterocycles. The third kappa shape index (κ3) is 2.74. The van der Waals surface area contributed by atoms with Crippen LogP contribution < -0.4 is 5.32 Å². The summed E-state index contributed by atoms with van der Waals surface area (Å²) in [5.41, 5.74) is 0. The van der Waals surface area contributed by atoms with Gasteiger partial charge in [-0.25, -0.2) is 0 Å². The molecule has 1 aliphatic rings. The van der Waals surface area contributed by atoms with Crippen molar-refractivity contribution in [3.05, 3.63) is 33.1 Å². The number of rotatable bonds is 3. The Hall–Kier alpha value is -0.950. The third-order valence-electron chi connectivity index (χ3n) is 3.66. The second-order valence-electron chi connectivity index (χ2n) is 5.05. The van der Waals surface area contributed by atoms with Gasteiger partial charge in [-0.3, -0.25) is 4.90 Å². The molecule has 1 aliphatic heterocycles. The number of piperazine rings is 1. The number of halogens is 1. The van der Waals surface area contributed by atoms with E-state index in [4.69, 9.17) is 16.1 Å². The normalized spacial score (nSPS) is 22.1. The lowest BCUT2D eigenvalue weighted by molar-refractivity contribution is 0.190. The molecule has 0 spiro atoms. The molecule has 0 amide bonds. The Bertz CT molecular complexity index is 584. The summed E-state index contributed by atoms with van der Waals surface area (Å²) in [5, 5.41) is 7.51. The Morgan fingerprint density at radius 3 is 3.10 bits per heavy atom. The Morgan fingerprint density at radius 2 is 2.40 bits per heavy atom. The Labute approximate surface area is 126 Å². The minimum Gasteiger partial charge on any atom is -0.339 e. The van der Waals surface area contributed by atoms with Crippen LogP contribution in [0.2, 0.25) is 4.34 Å². The molecule has 7 heteroatoms. The zero-order valence-electron chi connectivity index (χ0n) is 11.5. The van der Waals surface area contributed by atoms with Crippen molar-refractivity contribution in [3.8, 4) is 0 Å². The van der Waals surface area contributed by atoms with Crippen LogP contribution in [0.3, 0.4) is 0 Å². The monoisotopic (exact) mass is 312 g/mol. The maximum absolute atomic E-state index is 5.97. The first kappa shape index (κ1) is 14.0. The van der Waals surface area contributed by atoms with Crippen LogP contribution in [0.25, 0.3) is 0 Å². The molecule has 0 saturated carbocycles. The van der Waals surface area contributed by atoms with E-state index in [1.165, 1.54) is 0 Å². The first-order chi connectivity index (χ1) is 9.65. The summed E-state index contributed by atoms with van der Waals surface area (Å²) < 4.78 is 6.22. The van der Waals surface area contributed by atoms with Crippen LogP contribution in [0.5, 0.6) is 0 Å². The Balaban J connectivity index is 1.79. The second-order valence-corrected chi connectivity index (χ2v) is 6.80. The van der Waals surface area contributed by atoms with Gasteiger partial charge in [0, 0.05) is 24.5 Å². The van der Waals surface area contributed by atoms with Crippen molar-refractivity contribution in [2.75, 3.05) is 26.7 Å². The molecule has 5 nitrogen and oxygen atoms in total. The SMILES string of the molecule is CC(c1nc(C2CNCCN2C)no1)c1ccc(Cl)s1. The van der Waals surface area contributed by atoms with Crippen molar-refractivity contribution in [1.82, 2.24) is 20.4 Å². The molecule has 0 radical (unpaired) electrons.